The molecule has 2 aromatic carbocycles. The van der Waals surface area contributed by atoms with E-state index in [-0.39, 0.29) is 11.6 Å². The third kappa shape index (κ3) is 5.89. The maximum Gasteiger partial charge on any atom is 0.325 e. The van der Waals surface area contributed by atoms with Crippen molar-refractivity contribution in [3.8, 4) is 0 Å². The van der Waals surface area contributed by atoms with Gasteiger partial charge in [-0.25, -0.2) is 4.39 Å². The SMILES string of the molecule is C[C@@H](NC(=O)COC(=O)CNC(=O)c1cccc(F)c1)c1ccc2c(c1)CCCC2. The minimum absolute atomic E-state index is 0.0967. The Labute approximate surface area is 174 Å². The van der Waals surface area contributed by atoms with Crippen LogP contribution in [0.5, 0.6) is 0 Å². The molecule has 0 radical (unpaired) electrons. The average Bonchev–Trinajstić information content (AvgIpc) is 2.75. The maximum absolute atomic E-state index is 13.1. The molecule has 1 aliphatic carbocycles. The van der Waals surface area contributed by atoms with Crippen molar-refractivity contribution in [3.05, 3.63) is 70.5 Å². The van der Waals surface area contributed by atoms with Gasteiger partial charge in [0, 0.05) is 5.56 Å². The van der Waals surface area contributed by atoms with E-state index in [4.69, 9.17) is 4.74 Å². The number of amides is 2. The summed E-state index contributed by atoms with van der Waals surface area (Å²) in [5, 5.41) is 5.14. The molecule has 0 fully saturated rings. The Kier molecular flexibility index (Phi) is 7.17. The van der Waals surface area contributed by atoms with Gasteiger partial charge in [-0.15, -0.1) is 0 Å². The van der Waals surface area contributed by atoms with Gasteiger partial charge in [0.2, 0.25) is 0 Å². The molecule has 0 bridgehead atoms. The molecule has 0 aromatic heterocycles. The molecule has 0 aliphatic heterocycles. The Morgan fingerprint density at radius 3 is 2.60 bits per heavy atom. The number of ether oxygens (including phenoxy) is 1. The van der Waals surface area contributed by atoms with Gasteiger partial charge in [-0.2, -0.15) is 0 Å². The van der Waals surface area contributed by atoms with Crippen LogP contribution in [0.15, 0.2) is 42.5 Å². The summed E-state index contributed by atoms with van der Waals surface area (Å²) in [6.45, 7) is 1.02. The van der Waals surface area contributed by atoms with Crippen molar-refractivity contribution < 1.29 is 23.5 Å². The minimum Gasteiger partial charge on any atom is -0.454 e. The van der Waals surface area contributed by atoms with Gasteiger partial charge in [-0.3, -0.25) is 14.4 Å². The molecule has 6 nitrogen and oxygen atoms in total. The Morgan fingerprint density at radius 2 is 1.83 bits per heavy atom. The molecular weight excluding hydrogens is 387 g/mol. The third-order valence-corrected chi connectivity index (χ3v) is 5.09. The van der Waals surface area contributed by atoms with Crippen LogP contribution in [-0.4, -0.2) is 30.9 Å². The van der Waals surface area contributed by atoms with Crippen LogP contribution in [0, 0.1) is 5.82 Å². The minimum atomic E-state index is -0.753. The molecule has 1 atom stereocenters. The van der Waals surface area contributed by atoms with Crippen LogP contribution in [0.3, 0.4) is 0 Å². The van der Waals surface area contributed by atoms with E-state index in [0.717, 1.165) is 24.5 Å². The van der Waals surface area contributed by atoms with Crippen LogP contribution < -0.4 is 10.6 Å². The normalized spacial score (nSPS) is 13.7. The summed E-state index contributed by atoms with van der Waals surface area (Å²) in [4.78, 5) is 35.8. The van der Waals surface area contributed by atoms with Gasteiger partial charge in [0.05, 0.1) is 6.04 Å². The van der Waals surface area contributed by atoms with E-state index < -0.39 is 36.8 Å². The van der Waals surface area contributed by atoms with Gasteiger partial charge in [0.25, 0.3) is 11.8 Å². The summed E-state index contributed by atoms with van der Waals surface area (Å²) in [5.74, 6) is -2.33. The highest BCUT2D eigenvalue weighted by Crippen LogP contribution is 2.24. The van der Waals surface area contributed by atoms with Crippen LogP contribution in [0.2, 0.25) is 0 Å². The fraction of sp³-hybridized carbons (Fsp3) is 0.348. The van der Waals surface area contributed by atoms with Crippen molar-refractivity contribution in [2.45, 2.75) is 38.6 Å². The zero-order valence-electron chi connectivity index (χ0n) is 16.9. The molecular formula is C23H25FN2O4. The highest BCUT2D eigenvalue weighted by Gasteiger charge is 2.16. The molecule has 0 saturated heterocycles. The van der Waals surface area contributed by atoms with E-state index in [1.165, 1.54) is 42.2 Å². The van der Waals surface area contributed by atoms with Crippen molar-refractivity contribution in [2.24, 2.45) is 0 Å². The number of hydrogen-bond donors (Lipinski definition) is 2. The maximum atomic E-state index is 13.1. The molecule has 2 N–H and O–H groups in total. The van der Waals surface area contributed by atoms with Gasteiger partial charge in [-0.05, 0) is 67.5 Å². The standard InChI is InChI=1S/C23H25FN2O4/c1-15(17-10-9-16-5-2-3-6-18(16)11-17)26-21(27)14-30-22(28)13-25-23(29)19-7-4-8-20(24)12-19/h4,7-12,15H,2-3,5-6,13-14H2,1H3,(H,25,29)(H,26,27)/t15-/m1/s1. The fourth-order valence-electron chi connectivity index (χ4n) is 3.47. The second-order valence-electron chi connectivity index (χ2n) is 7.38. The summed E-state index contributed by atoms with van der Waals surface area (Å²) in [6.07, 6.45) is 4.56. The number of carbonyl (C=O) groups excluding carboxylic acids is 3. The van der Waals surface area contributed by atoms with Crippen LogP contribution >= 0.6 is 0 Å². The lowest BCUT2D eigenvalue weighted by Gasteiger charge is -2.20. The number of rotatable bonds is 7. The summed E-state index contributed by atoms with van der Waals surface area (Å²) in [5.41, 5.74) is 3.81. The monoisotopic (exact) mass is 412 g/mol. The van der Waals surface area contributed by atoms with Crippen LogP contribution in [-0.2, 0) is 27.2 Å². The quantitative estimate of drug-likeness (QED) is 0.685. The molecule has 2 amide bonds. The number of nitrogens with one attached hydrogen (secondary N) is 2. The van der Waals surface area contributed by atoms with Gasteiger partial charge in [0.15, 0.2) is 6.61 Å². The summed E-state index contributed by atoms with van der Waals surface area (Å²) < 4.78 is 18.0. The molecule has 2 aromatic rings. The lowest BCUT2D eigenvalue weighted by Crippen LogP contribution is -2.34. The van der Waals surface area contributed by atoms with E-state index >= 15 is 0 Å². The number of aryl methyl sites for hydroxylation is 2. The first-order valence-corrected chi connectivity index (χ1v) is 10.0. The number of fused-ring (bicyclic) bond motifs is 1. The summed E-state index contributed by atoms with van der Waals surface area (Å²) in [7, 11) is 0. The summed E-state index contributed by atoms with van der Waals surface area (Å²) >= 11 is 0. The molecule has 0 heterocycles. The Bertz CT molecular complexity index is 945. The van der Waals surface area contributed by atoms with Gasteiger partial charge in [0.1, 0.15) is 12.4 Å². The molecule has 0 spiro atoms. The zero-order chi connectivity index (χ0) is 21.5. The molecule has 0 unspecified atom stereocenters. The third-order valence-electron chi connectivity index (χ3n) is 5.09. The van der Waals surface area contributed by atoms with E-state index in [1.54, 1.807) is 0 Å². The predicted molar refractivity (Wildman–Crippen MR) is 109 cm³/mol. The zero-order valence-corrected chi connectivity index (χ0v) is 16.9. The van der Waals surface area contributed by atoms with Gasteiger partial charge < -0.3 is 15.4 Å². The smallest absolute Gasteiger partial charge is 0.325 e. The van der Waals surface area contributed by atoms with Crippen LogP contribution in [0.4, 0.5) is 4.39 Å². The first-order valence-electron chi connectivity index (χ1n) is 10.0. The van der Waals surface area contributed by atoms with E-state index in [9.17, 15) is 18.8 Å². The molecule has 1 aliphatic rings. The van der Waals surface area contributed by atoms with Crippen LogP contribution in [0.1, 0.15) is 52.9 Å². The predicted octanol–water partition coefficient (Wildman–Crippen LogP) is 2.85. The summed E-state index contributed by atoms with van der Waals surface area (Å²) in [6, 6.07) is 11.2. The molecule has 158 valence electrons. The highest BCUT2D eigenvalue weighted by molar-refractivity contribution is 5.96. The second-order valence-corrected chi connectivity index (χ2v) is 7.38. The first-order chi connectivity index (χ1) is 14.4. The van der Waals surface area contributed by atoms with Crippen molar-refractivity contribution in [3.63, 3.8) is 0 Å². The Balaban J connectivity index is 1.41. The van der Waals surface area contributed by atoms with Crippen molar-refractivity contribution >= 4 is 17.8 Å². The Morgan fingerprint density at radius 1 is 1.07 bits per heavy atom. The van der Waals surface area contributed by atoms with E-state index in [0.29, 0.717) is 0 Å². The molecule has 30 heavy (non-hydrogen) atoms. The number of esters is 1. The average molecular weight is 412 g/mol. The highest BCUT2D eigenvalue weighted by atomic mass is 19.1. The van der Waals surface area contributed by atoms with E-state index in [1.807, 2.05) is 13.0 Å². The number of hydrogen-bond acceptors (Lipinski definition) is 4. The first kappa shape index (κ1) is 21.5. The van der Waals surface area contributed by atoms with Crippen molar-refractivity contribution in [1.29, 1.82) is 0 Å². The number of halogens is 1. The molecule has 3 rings (SSSR count). The van der Waals surface area contributed by atoms with Gasteiger partial charge >= 0.3 is 5.97 Å². The Hall–Kier alpha value is -3.22. The lowest BCUT2D eigenvalue weighted by atomic mass is 9.89. The molecule has 7 heteroatoms. The molecule has 0 saturated carbocycles. The number of benzene rings is 2. The number of carbonyl (C=O) groups is 3. The second kappa shape index (κ2) is 10.0. The van der Waals surface area contributed by atoms with Gasteiger partial charge in [-0.1, -0.05) is 24.3 Å². The van der Waals surface area contributed by atoms with Crippen molar-refractivity contribution in [1.82, 2.24) is 10.6 Å². The van der Waals surface area contributed by atoms with Crippen LogP contribution in [0.25, 0.3) is 0 Å². The topological polar surface area (TPSA) is 84.5 Å². The van der Waals surface area contributed by atoms with Crippen molar-refractivity contribution in [2.75, 3.05) is 13.2 Å². The largest absolute Gasteiger partial charge is 0.454 e. The van der Waals surface area contributed by atoms with E-state index in [2.05, 4.69) is 22.8 Å². The fourth-order valence-corrected chi connectivity index (χ4v) is 3.47. The lowest BCUT2D eigenvalue weighted by molar-refractivity contribution is -0.147.